The molecule has 2 N–H and O–H groups in total. The molecule has 2 amide bonds. The van der Waals surface area contributed by atoms with Crippen molar-refractivity contribution in [2.45, 2.75) is 32.1 Å². The molecule has 3 aliphatic rings. The van der Waals surface area contributed by atoms with Crippen LogP contribution in [-0.4, -0.2) is 49.4 Å². The molecule has 0 aromatic carbocycles. The fourth-order valence-corrected chi connectivity index (χ4v) is 3.15. The minimum atomic E-state index is -0.0243. The minimum absolute atomic E-state index is 0.0243. The predicted octanol–water partition coefficient (Wildman–Crippen LogP) is 0.671. The van der Waals surface area contributed by atoms with Gasteiger partial charge in [0.05, 0.1) is 5.92 Å². The second-order valence-corrected chi connectivity index (χ2v) is 6.43. The summed E-state index contributed by atoms with van der Waals surface area (Å²) in [4.78, 5) is 26.3. The van der Waals surface area contributed by atoms with Crippen molar-refractivity contribution in [3.63, 3.8) is 0 Å². The van der Waals surface area contributed by atoms with E-state index in [9.17, 15) is 9.59 Å². The number of hydrogen-bond acceptors (Lipinski definition) is 3. The number of amides is 2. The summed E-state index contributed by atoms with van der Waals surface area (Å²) >= 11 is 0. The number of nitrogens with one attached hydrogen (secondary N) is 2. The van der Waals surface area contributed by atoms with Crippen molar-refractivity contribution in [1.29, 1.82) is 0 Å². The van der Waals surface area contributed by atoms with Gasteiger partial charge in [-0.2, -0.15) is 0 Å². The third-order valence-corrected chi connectivity index (χ3v) is 4.68. The Labute approximate surface area is 126 Å². The summed E-state index contributed by atoms with van der Waals surface area (Å²) in [6.45, 7) is 4.00. The topological polar surface area (TPSA) is 61.4 Å². The zero-order valence-electron chi connectivity index (χ0n) is 12.6. The van der Waals surface area contributed by atoms with Crippen molar-refractivity contribution in [1.82, 2.24) is 15.5 Å². The zero-order chi connectivity index (χ0) is 14.7. The average molecular weight is 291 g/mol. The van der Waals surface area contributed by atoms with Crippen LogP contribution >= 0.6 is 0 Å². The summed E-state index contributed by atoms with van der Waals surface area (Å²) in [6.07, 6.45) is 7.09. The van der Waals surface area contributed by atoms with Crippen LogP contribution in [0.1, 0.15) is 32.1 Å². The van der Waals surface area contributed by atoms with Crippen LogP contribution in [-0.2, 0) is 9.59 Å². The molecule has 1 saturated carbocycles. The normalized spacial score (nSPS) is 26.2. The van der Waals surface area contributed by atoms with Crippen LogP contribution in [0.25, 0.3) is 0 Å². The molecule has 3 rings (SSSR count). The first-order chi connectivity index (χ1) is 10.2. The Morgan fingerprint density at radius 2 is 2.14 bits per heavy atom. The lowest BCUT2D eigenvalue weighted by atomic mass is 9.96. The maximum absolute atomic E-state index is 12.3. The molecule has 1 atom stereocenters. The molecule has 1 aliphatic carbocycles. The van der Waals surface area contributed by atoms with E-state index in [0.717, 1.165) is 51.7 Å². The van der Waals surface area contributed by atoms with Gasteiger partial charge in [-0.05, 0) is 38.6 Å². The Hall–Kier alpha value is -1.36. The molecule has 0 aromatic heterocycles. The van der Waals surface area contributed by atoms with E-state index in [-0.39, 0.29) is 23.7 Å². The predicted molar refractivity (Wildman–Crippen MR) is 80.6 cm³/mol. The van der Waals surface area contributed by atoms with Crippen molar-refractivity contribution < 1.29 is 9.59 Å². The van der Waals surface area contributed by atoms with Gasteiger partial charge in [0.1, 0.15) is 0 Å². The molecule has 2 aliphatic heterocycles. The van der Waals surface area contributed by atoms with Gasteiger partial charge < -0.3 is 15.5 Å². The Balaban J connectivity index is 1.47. The fourth-order valence-electron chi connectivity index (χ4n) is 3.15. The van der Waals surface area contributed by atoms with Crippen LogP contribution < -0.4 is 10.6 Å². The molecular formula is C16H25N3O2. The van der Waals surface area contributed by atoms with Crippen molar-refractivity contribution in [3.8, 4) is 0 Å². The quantitative estimate of drug-likeness (QED) is 0.749. The molecule has 1 unspecified atom stereocenters. The molecule has 5 nitrogen and oxygen atoms in total. The standard InChI is InChI=1S/C16H25N3O2/c20-15(18-10-12-5-7-17-8-6-12)14-2-1-9-19(11-14)16(21)13-3-4-13/h5,13-14,17H,1-4,6-11H2,(H,18,20). The lowest BCUT2D eigenvalue weighted by Crippen LogP contribution is -2.46. The summed E-state index contributed by atoms with van der Waals surface area (Å²) in [5.74, 6) is 0.617. The van der Waals surface area contributed by atoms with Gasteiger partial charge in [0, 0.05) is 32.1 Å². The molecule has 0 spiro atoms. The van der Waals surface area contributed by atoms with Gasteiger partial charge in [-0.1, -0.05) is 11.6 Å². The first-order valence-corrected chi connectivity index (χ1v) is 8.19. The summed E-state index contributed by atoms with van der Waals surface area (Å²) in [5, 5.41) is 6.32. The Morgan fingerprint density at radius 1 is 1.29 bits per heavy atom. The molecule has 2 heterocycles. The van der Waals surface area contributed by atoms with E-state index in [4.69, 9.17) is 0 Å². The second kappa shape index (κ2) is 6.60. The maximum Gasteiger partial charge on any atom is 0.225 e. The summed E-state index contributed by atoms with van der Waals surface area (Å²) in [7, 11) is 0. The van der Waals surface area contributed by atoms with Crippen molar-refractivity contribution >= 4 is 11.8 Å². The molecule has 0 radical (unpaired) electrons. The van der Waals surface area contributed by atoms with Crippen LogP contribution in [0.15, 0.2) is 11.6 Å². The van der Waals surface area contributed by atoms with Crippen molar-refractivity contribution in [2.24, 2.45) is 11.8 Å². The van der Waals surface area contributed by atoms with Crippen LogP contribution in [0.4, 0.5) is 0 Å². The minimum Gasteiger partial charge on any atom is -0.352 e. The SMILES string of the molecule is O=C(NCC1=CCNCC1)C1CCCN(C(=O)C2CC2)C1. The number of rotatable bonds is 4. The van der Waals surface area contributed by atoms with Gasteiger partial charge in [0.25, 0.3) is 0 Å². The largest absolute Gasteiger partial charge is 0.352 e. The lowest BCUT2D eigenvalue weighted by Gasteiger charge is -2.32. The molecule has 116 valence electrons. The first-order valence-electron chi connectivity index (χ1n) is 8.19. The monoisotopic (exact) mass is 291 g/mol. The molecular weight excluding hydrogens is 266 g/mol. The molecule has 21 heavy (non-hydrogen) atoms. The van der Waals surface area contributed by atoms with Gasteiger partial charge in [-0.3, -0.25) is 9.59 Å². The van der Waals surface area contributed by atoms with E-state index < -0.39 is 0 Å². The van der Waals surface area contributed by atoms with Gasteiger partial charge in [-0.25, -0.2) is 0 Å². The number of hydrogen-bond donors (Lipinski definition) is 2. The highest BCUT2D eigenvalue weighted by Gasteiger charge is 2.36. The van der Waals surface area contributed by atoms with Gasteiger partial charge >= 0.3 is 0 Å². The maximum atomic E-state index is 12.3. The highest BCUT2D eigenvalue weighted by Crippen LogP contribution is 2.32. The number of carbonyl (C=O) groups is 2. The van der Waals surface area contributed by atoms with Crippen LogP contribution in [0.2, 0.25) is 0 Å². The number of nitrogens with zero attached hydrogens (tertiary/aromatic N) is 1. The van der Waals surface area contributed by atoms with Crippen molar-refractivity contribution in [2.75, 3.05) is 32.7 Å². The van der Waals surface area contributed by atoms with E-state index in [1.165, 1.54) is 5.57 Å². The summed E-state index contributed by atoms with van der Waals surface area (Å²) < 4.78 is 0. The zero-order valence-corrected chi connectivity index (χ0v) is 12.6. The number of piperidine rings is 1. The lowest BCUT2D eigenvalue weighted by molar-refractivity contribution is -0.136. The molecule has 5 heteroatoms. The number of likely N-dealkylation sites (tertiary alicyclic amines) is 1. The highest BCUT2D eigenvalue weighted by molar-refractivity contribution is 5.83. The third kappa shape index (κ3) is 3.84. The molecule has 1 saturated heterocycles. The Morgan fingerprint density at radius 3 is 2.86 bits per heavy atom. The second-order valence-electron chi connectivity index (χ2n) is 6.43. The Kier molecular flexibility index (Phi) is 4.58. The van der Waals surface area contributed by atoms with Gasteiger partial charge in [0.2, 0.25) is 11.8 Å². The van der Waals surface area contributed by atoms with E-state index in [0.29, 0.717) is 13.1 Å². The van der Waals surface area contributed by atoms with E-state index >= 15 is 0 Å². The van der Waals surface area contributed by atoms with Crippen molar-refractivity contribution in [3.05, 3.63) is 11.6 Å². The van der Waals surface area contributed by atoms with Crippen LogP contribution in [0, 0.1) is 11.8 Å². The summed E-state index contributed by atoms with van der Waals surface area (Å²) in [6, 6.07) is 0. The van der Waals surface area contributed by atoms with E-state index in [2.05, 4.69) is 16.7 Å². The van der Waals surface area contributed by atoms with E-state index in [1.54, 1.807) is 0 Å². The molecule has 0 bridgehead atoms. The van der Waals surface area contributed by atoms with E-state index in [1.807, 2.05) is 4.90 Å². The third-order valence-electron chi connectivity index (χ3n) is 4.68. The summed E-state index contributed by atoms with van der Waals surface area (Å²) in [5.41, 5.74) is 1.31. The average Bonchev–Trinajstić information content (AvgIpc) is 3.38. The first kappa shape index (κ1) is 14.6. The number of carbonyl (C=O) groups excluding carboxylic acids is 2. The molecule has 2 fully saturated rings. The Bertz CT molecular complexity index is 443. The van der Waals surface area contributed by atoms with Gasteiger partial charge in [-0.15, -0.1) is 0 Å². The van der Waals surface area contributed by atoms with Crippen LogP contribution in [0.3, 0.4) is 0 Å². The fraction of sp³-hybridized carbons (Fsp3) is 0.750. The van der Waals surface area contributed by atoms with Crippen LogP contribution in [0.5, 0.6) is 0 Å². The molecule has 0 aromatic rings. The van der Waals surface area contributed by atoms with Gasteiger partial charge in [0.15, 0.2) is 0 Å². The smallest absolute Gasteiger partial charge is 0.225 e. The highest BCUT2D eigenvalue weighted by atomic mass is 16.2.